The quantitative estimate of drug-likeness (QED) is 0.718. The van der Waals surface area contributed by atoms with Crippen LogP contribution in [0.15, 0.2) is 47.4 Å². The fourth-order valence-electron chi connectivity index (χ4n) is 3.83. The van der Waals surface area contributed by atoms with E-state index in [0.717, 1.165) is 35.1 Å². The number of rotatable bonds is 6. The molecule has 2 aromatic rings. The summed E-state index contributed by atoms with van der Waals surface area (Å²) in [5, 5.41) is 5.98. The van der Waals surface area contributed by atoms with Gasteiger partial charge >= 0.3 is 0 Å². The van der Waals surface area contributed by atoms with Crippen LogP contribution < -0.4 is 15.4 Å². The smallest absolute Gasteiger partial charge is 0.251 e. The highest BCUT2D eigenvalue weighted by Gasteiger charge is 2.24. The molecule has 8 heteroatoms. The average molecular weight is 442 g/mol. The van der Waals surface area contributed by atoms with Crippen LogP contribution in [0.1, 0.15) is 28.4 Å². The first-order valence-electron chi connectivity index (χ1n) is 10.4. The minimum atomic E-state index is -0.155. The molecule has 1 atom stereocenters. The summed E-state index contributed by atoms with van der Waals surface area (Å²) in [7, 11) is 1.65. The van der Waals surface area contributed by atoms with E-state index in [1.807, 2.05) is 36.4 Å². The topological polar surface area (TPSA) is 79.9 Å². The highest BCUT2D eigenvalue weighted by atomic mass is 32.2. The number of carbonyl (C=O) groups is 2. The summed E-state index contributed by atoms with van der Waals surface area (Å²) in [5.41, 5.74) is 2.37. The molecule has 2 heterocycles. The molecule has 0 bridgehead atoms. The molecule has 2 aromatic carbocycles. The summed E-state index contributed by atoms with van der Waals surface area (Å²) >= 11 is 1.63. The predicted octanol–water partition coefficient (Wildman–Crippen LogP) is 2.93. The van der Waals surface area contributed by atoms with Crippen LogP contribution in [-0.4, -0.2) is 62.4 Å². The summed E-state index contributed by atoms with van der Waals surface area (Å²) in [4.78, 5) is 28.1. The molecule has 2 amide bonds. The highest BCUT2D eigenvalue weighted by molar-refractivity contribution is 7.99. The van der Waals surface area contributed by atoms with E-state index < -0.39 is 0 Å². The normalized spacial score (nSPS) is 17.8. The van der Waals surface area contributed by atoms with Gasteiger partial charge in [-0.15, -0.1) is 11.8 Å². The summed E-state index contributed by atoms with van der Waals surface area (Å²) < 4.78 is 10.8. The first-order valence-corrected chi connectivity index (χ1v) is 11.4. The first kappa shape index (κ1) is 21.7. The number of hydrogen-bond donors (Lipinski definition) is 2. The molecule has 1 saturated heterocycles. The second-order valence-electron chi connectivity index (χ2n) is 7.50. The zero-order valence-electron chi connectivity index (χ0n) is 17.6. The van der Waals surface area contributed by atoms with Gasteiger partial charge in [0.1, 0.15) is 5.75 Å². The molecular formula is C23H27N3O4S. The average Bonchev–Trinajstić information content (AvgIpc) is 3.00. The van der Waals surface area contributed by atoms with E-state index in [2.05, 4.69) is 15.5 Å². The van der Waals surface area contributed by atoms with Crippen molar-refractivity contribution in [1.82, 2.24) is 10.2 Å². The molecule has 164 valence electrons. The Morgan fingerprint density at radius 1 is 1.23 bits per heavy atom. The SMILES string of the molecule is COc1ccc([C@@H](CNC(=O)c2ccc3c(c2)NC(=O)CCS3)N2CCOCC2)cc1. The van der Waals surface area contributed by atoms with Crippen molar-refractivity contribution in [2.75, 3.05) is 51.0 Å². The number of thioether (sulfide) groups is 1. The van der Waals surface area contributed by atoms with E-state index in [1.165, 1.54) is 0 Å². The minimum Gasteiger partial charge on any atom is -0.497 e. The molecule has 2 aliphatic rings. The van der Waals surface area contributed by atoms with Crippen LogP contribution in [0.2, 0.25) is 0 Å². The summed E-state index contributed by atoms with van der Waals surface area (Å²) in [5.74, 6) is 1.38. The summed E-state index contributed by atoms with van der Waals surface area (Å²) in [6.07, 6.45) is 0.476. The Morgan fingerprint density at radius 2 is 2.00 bits per heavy atom. The Morgan fingerprint density at radius 3 is 2.74 bits per heavy atom. The van der Waals surface area contributed by atoms with Crippen LogP contribution in [-0.2, 0) is 9.53 Å². The molecule has 1 fully saturated rings. The molecule has 0 aromatic heterocycles. The van der Waals surface area contributed by atoms with Crippen molar-refractivity contribution >= 4 is 29.3 Å². The van der Waals surface area contributed by atoms with Crippen LogP contribution >= 0.6 is 11.8 Å². The number of amides is 2. The minimum absolute atomic E-state index is 0.0179. The van der Waals surface area contributed by atoms with Gasteiger partial charge in [0.2, 0.25) is 5.91 Å². The molecule has 2 aliphatic heterocycles. The van der Waals surface area contributed by atoms with Gasteiger partial charge in [0.15, 0.2) is 0 Å². The monoisotopic (exact) mass is 441 g/mol. The summed E-state index contributed by atoms with van der Waals surface area (Å²) in [6, 6.07) is 13.5. The van der Waals surface area contributed by atoms with Crippen LogP contribution in [0.5, 0.6) is 5.75 Å². The van der Waals surface area contributed by atoms with E-state index in [9.17, 15) is 9.59 Å². The van der Waals surface area contributed by atoms with Gasteiger partial charge in [-0.25, -0.2) is 0 Å². The maximum Gasteiger partial charge on any atom is 0.251 e. The molecule has 0 unspecified atom stereocenters. The fourth-order valence-corrected chi connectivity index (χ4v) is 4.76. The van der Waals surface area contributed by atoms with Crippen molar-refractivity contribution in [2.24, 2.45) is 0 Å². The molecule has 2 N–H and O–H groups in total. The zero-order valence-corrected chi connectivity index (χ0v) is 18.4. The Bertz CT molecular complexity index is 929. The van der Waals surface area contributed by atoms with Crippen molar-refractivity contribution in [3.05, 3.63) is 53.6 Å². The van der Waals surface area contributed by atoms with Gasteiger partial charge < -0.3 is 20.1 Å². The number of fused-ring (bicyclic) bond motifs is 1. The number of benzene rings is 2. The van der Waals surface area contributed by atoms with Crippen LogP contribution in [0.3, 0.4) is 0 Å². The number of carbonyl (C=O) groups excluding carboxylic acids is 2. The number of nitrogens with zero attached hydrogens (tertiary/aromatic N) is 1. The molecule has 0 radical (unpaired) electrons. The Kier molecular flexibility index (Phi) is 7.11. The van der Waals surface area contributed by atoms with Gasteiger partial charge in [0, 0.05) is 42.3 Å². The van der Waals surface area contributed by atoms with E-state index in [0.29, 0.717) is 37.4 Å². The molecular weight excluding hydrogens is 414 g/mol. The highest BCUT2D eigenvalue weighted by Crippen LogP contribution is 2.31. The number of methoxy groups -OCH3 is 1. The third kappa shape index (κ3) is 5.39. The van der Waals surface area contributed by atoms with Crippen molar-refractivity contribution in [3.63, 3.8) is 0 Å². The van der Waals surface area contributed by atoms with Gasteiger partial charge in [-0.3, -0.25) is 14.5 Å². The number of anilines is 1. The van der Waals surface area contributed by atoms with Crippen LogP contribution in [0.25, 0.3) is 0 Å². The lowest BCUT2D eigenvalue weighted by atomic mass is 10.0. The van der Waals surface area contributed by atoms with Crippen molar-refractivity contribution in [2.45, 2.75) is 17.4 Å². The van der Waals surface area contributed by atoms with Gasteiger partial charge in [0.05, 0.1) is 32.1 Å². The van der Waals surface area contributed by atoms with Crippen LogP contribution in [0.4, 0.5) is 5.69 Å². The van der Waals surface area contributed by atoms with Crippen molar-refractivity contribution < 1.29 is 19.1 Å². The van der Waals surface area contributed by atoms with Gasteiger partial charge in [-0.05, 0) is 35.9 Å². The predicted molar refractivity (Wildman–Crippen MR) is 121 cm³/mol. The van der Waals surface area contributed by atoms with E-state index >= 15 is 0 Å². The lowest BCUT2D eigenvalue weighted by molar-refractivity contribution is -0.115. The maximum atomic E-state index is 12.9. The van der Waals surface area contributed by atoms with Crippen LogP contribution in [0, 0.1) is 0 Å². The van der Waals surface area contributed by atoms with Gasteiger partial charge in [0.25, 0.3) is 5.91 Å². The van der Waals surface area contributed by atoms with E-state index in [-0.39, 0.29) is 17.9 Å². The molecule has 7 nitrogen and oxygen atoms in total. The summed E-state index contributed by atoms with van der Waals surface area (Å²) in [6.45, 7) is 3.47. The van der Waals surface area contributed by atoms with Crippen molar-refractivity contribution in [3.8, 4) is 5.75 Å². The number of morpholine rings is 1. The van der Waals surface area contributed by atoms with E-state index in [4.69, 9.17) is 9.47 Å². The fraction of sp³-hybridized carbons (Fsp3) is 0.391. The molecule has 4 rings (SSSR count). The molecule has 0 spiro atoms. The third-order valence-corrected chi connectivity index (χ3v) is 6.62. The second-order valence-corrected chi connectivity index (χ2v) is 8.64. The number of ether oxygens (including phenoxy) is 2. The lowest BCUT2D eigenvalue weighted by Crippen LogP contribution is -2.43. The van der Waals surface area contributed by atoms with Gasteiger partial charge in [-0.1, -0.05) is 12.1 Å². The Labute approximate surface area is 186 Å². The number of hydrogen-bond acceptors (Lipinski definition) is 6. The zero-order chi connectivity index (χ0) is 21.6. The standard InChI is InChI=1S/C23H27N3O4S/c1-29-18-5-2-16(3-6-18)20(26-9-11-30-12-10-26)15-24-23(28)17-4-7-21-19(14-17)25-22(27)8-13-31-21/h2-7,14,20H,8-13,15H2,1H3,(H,24,28)(H,25,27)/t20-/m1/s1. The maximum absolute atomic E-state index is 12.9. The van der Waals surface area contributed by atoms with E-state index in [1.54, 1.807) is 24.9 Å². The van der Waals surface area contributed by atoms with Gasteiger partial charge in [-0.2, -0.15) is 0 Å². The first-order chi connectivity index (χ1) is 15.1. The Hall–Kier alpha value is -2.55. The number of nitrogens with one attached hydrogen (secondary N) is 2. The lowest BCUT2D eigenvalue weighted by Gasteiger charge is -2.35. The Balaban J connectivity index is 1.48. The molecule has 0 aliphatic carbocycles. The molecule has 0 saturated carbocycles. The third-order valence-electron chi connectivity index (χ3n) is 5.55. The largest absolute Gasteiger partial charge is 0.497 e. The molecule has 31 heavy (non-hydrogen) atoms. The second kappa shape index (κ2) is 10.2. The van der Waals surface area contributed by atoms with Crippen molar-refractivity contribution in [1.29, 1.82) is 0 Å².